The summed E-state index contributed by atoms with van der Waals surface area (Å²) in [5.41, 5.74) is 0. The Labute approximate surface area is 89.5 Å². The van der Waals surface area contributed by atoms with Crippen LogP contribution in [0.4, 0.5) is 0 Å². The molecular formula is C14H24. The molecule has 0 aromatic heterocycles. The van der Waals surface area contributed by atoms with E-state index in [1.54, 1.807) is 0 Å². The predicted octanol–water partition coefficient (Wildman–Crippen LogP) is 4.56. The van der Waals surface area contributed by atoms with Gasteiger partial charge < -0.3 is 0 Å². The molecule has 2 fully saturated rings. The van der Waals surface area contributed by atoms with Crippen molar-refractivity contribution in [2.45, 2.75) is 64.2 Å². The van der Waals surface area contributed by atoms with Gasteiger partial charge in [-0.1, -0.05) is 38.5 Å². The molecule has 2 rings (SSSR count). The highest BCUT2D eigenvalue weighted by atomic mass is 14.3. The molecule has 2 saturated carbocycles. The molecule has 0 N–H and O–H groups in total. The zero-order valence-corrected chi connectivity index (χ0v) is 9.38. The van der Waals surface area contributed by atoms with E-state index in [2.05, 4.69) is 12.8 Å². The number of hydrogen-bond donors (Lipinski definition) is 0. The third-order valence-electron chi connectivity index (χ3n) is 3.97. The van der Waals surface area contributed by atoms with E-state index >= 15 is 0 Å². The third kappa shape index (κ3) is 3.00. The predicted molar refractivity (Wildman–Crippen MR) is 61.8 cm³/mol. The Hall–Kier alpha value is 0. The third-order valence-corrected chi connectivity index (χ3v) is 3.97. The van der Waals surface area contributed by atoms with Crippen molar-refractivity contribution in [3.63, 3.8) is 0 Å². The summed E-state index contributed by atoms with van der Waals surface area (Å²) in [6, 6.07) is 0. The summed E-state index contributed by atoms with van der Waals surface area (Å²) < 4.78 is 0. The Balaban J connectivity index is 1.80. The van der Waals surface area contributed by atoms with Crippen molar-refractivity contribution in [3.05, 3.63) is 12.8 Å². The molecule has 0 heteroatoms. The zero-order chi connectivity index (χ0) is 9.64. The highest BCUT2D eigenvalue weighted by molar-refractivity contribution is 4.92. The topological polar surface area (TPSA) is 0 Å². The minimum Gasteiger partial charge on any atom is -0.0533 e. The Kier molecular flexibility index (Phi) is 4.34. The Morgan fingerprint density at radius 1 is 0.571 bits per heavy atom. The second-order valence-electron chi connectivity index (χ2n) is 5.08. The first kappa shape index (κ1) is 10.5. The molecule has 2 aliphatic carbocycles. The first-order valence-electron chi connectivity index (χ1n) is 6.63. The van der Waals surface area contributed by atoms with Gasteiger partial charge in [-0.3, -0.25) is 0 Å². The fourth-order valence-electron chi connectivity index (χ4n) is 3.08. The highest BCUT2D eigenvalue weighted by Crippen LogP contribution is 2.35. The second-order valence-corrected chi connectivity index (χ2v) is 5.08. The molecule has 0 aromatic rings. The molecular weight excluding hydrogens is 168 g/mol. The Bertz CT molecular complexity index is 136. The van der Waals surface area contributed by atoms with Crippen molar-refractivity contribution >= 4 is 0 Å². The van der Waals surface area contributed by atoms with Gasteiger partial charge in [0.05, 0.1) is 0 Å². The lowest BCUT2D eigenvalue weighted by Crippen LogP contribution is -2.20. The fraction of sp³-hybridized carbons (Fsp3) is 0.857. The molecule has 0 aliphatic heterocycles. The van der Waals surface area contributed by atoms with Gasteiger partial charge in [-0.15, -0.1) is 0 Å². The molecule has 0 amide bonds. The number of rotatable bonds is 1. The van der Waals surface area contributed by atoms with Crippen molar-refractivity contribution in [3.8, 4) is 0 Å². The van der Waals surface area contributed by atoms with E-state index in [0.717, 1.165) is 11.8 Å². The smallest absolute Gasteiger partial charge is 0.0352 e. The van der Waals surface area contributed by atoms with E-state index < -0.39 is 0 Å². The largest absolute Gasteiger partial charge is 0.0533 e. The van der Waals surface area contributed by atoms with Gasteiger partial charge in [0.1, 0.15) is 0 Å². The maximum absolute atomic E-state index is 2.64. The lowest BCUT2D eigenvalue weighted by Gasteiger charge is -2.31. The van der Waals surface area contributed by atoms with E-state index in [-0.39, 0.29) is 0 Å². The molecule has 0 saturated heterocycles. The second kappa shape index (κ2) is 5.78. The molecule has 2 atom stereocenters. The van der Waals surface area contributed by atoms with Gasteiger partial charge in [0.25, 0.3) is 0 Å². The molecule has 0 nitrogen and oxygen atoms in total. The van der Waals surface area contributed by atoms with E-state index in [4.69, 9.17) is 0 Å². The maximum Gasteiger partial charge on any atom is -0.0352 e. The number of hydrogen-bond acceptors (Lipinski definition) is 0. The molecule has 2 aliphatic rings. The first-order chi connectivity index (χ1) is 6.97. The van der Waals surface area contributed by atoms with Crippen molar-refractivity contribution in [1.29, 1.82) is 0 Å². The van der Waals surface area contributed by atoms with Gasteiger partial charge in [-0.25, -0.2) is 0 Å². The van der Waals surface area contributed by atoms with Crippen LogP contribution in [0.15, 0.2) is 0 Å². The van der Waals surface area contributed by atoms with Gasteiger partial charge in [0.15, 0.2) is 0 Å². The van der Waals surface area contributed by atoms with Crippen molar-refractivity contribution in [2.75, 3.05) is 0 Å². The van der Waals surface area contributed by atoms with Crippen molar-refractivity contribution in [1.82, 2.24) is 0 Å². The lowest BCUT2D eigenvalue weighted by molar-refractivity contribution is 0.303. The van der Waals surface area contributed by atoms with Crippen LogP contribution in [0, 0.1) is 24.7 Å². The van der Waals surface area contributed by atoms with Crippen LogP contribution >= 0.6 is 0 Å². The minimum atomic E-state index is 0.940. The van der Waals surface area contributed by atoms with Crippen molar-refractivity contribution in [2.24, 2.45) is 11.8 Å². The summed E-state index contributed by atoms with van der Waals surface area (Å²) in [5, 5.41) is 0. The van der Waals surface area contributed by atoms with E-state index in [1.807, 2.05) is 0 Å². The van der Waals surface area contributed by atoms with Gasteiger partial charge in [-0.05, 0) is 50.4 Å². The molecule has 0 spiro atoms. The van der Waals surface area contributed by atoms with Crippen LogP contribution in [-0.4, -0.2) is 0 Å². The fourth-order valence-corrected chi connectivity index (χ4v) is 3.08. The van der Waals surface area contributed by atoms with E-state index in [9.17, 15) is 0 Å². The summed E-state index contributed by atoms with van der Waals surface area (Å²) in [7, 11) is 0. The average Bonchev–Trinajstić information content (AvgIpc) is 2.18. The monoisotopic (exact) mass is 192 g/mol. The SMILES string of the molecule is [CH]1CCCCC1C1[CH]CCCCCC1. The average molecular weight is 192 g/mol. The summed E-state index contributed by atoms with van der Waals surface area (Å²) in [6.45, 7) is 0. The Morgan fingerprint density at radius 3 is 1.79 bits per heavy atom. The zero-order valence-electron chi connectivity index (χ0n) is 9.38. The molecule has 80 valence electrons. The summed E-state index contributed by atoms with van der Waals surface area (Å²) in [5.74, 6) is 1.89. The van der Waals surface area contributed by atoms with Crippen LogP contribution in [0.5, 0.6) is 0 Å². The molecule has 2 radical (unpaired) electrons. The van der Waals surface area contributed by atoms with E-state index in [1.165, 1.54) is 64.2 Å². The van der Waals surface area contributed by atoms with Crippen LogP contribution in [-0.2, 0) is 0 Å². The standard InChI is InChI=1S/C14H24/c1-2-5-9-13(10-6-3-1)14-11-7-4-8-12-14/h9,11,13-14H,1-8,10,12H2. The Morgan fingerprint density at radius 2 is 1.07 bits per heavy atom. The quantitative estimate of drug-likeness (QED) is 0.571. The highest BCUT2D eigenvalue weighted by Gasteiger charge is 2.23. The summed E-state index contributed by atoms with van der Waals surface area (Å²) in [6.07, 6.45) is 19.8. The summed E-state index contributed by atoms with van der Waals surface area (Å²) >= 11 is 0. The van der Waals surface area contributed by atoms with E-state index in [0.29, 0.717) is 0 Å². The molecule has 0 aromatic carbocycles. The van der Waals surface area contributed by atoms with Crippen LogP contribution in [0.25, 0.3) is 0 Å². The molecule has 14 heavy (non-hydrogen) atoms. The van der Waals surface area contributed by atoms with Gasteiger partial charge in [0.2, 0.25) is 0 Å². The molecule has 0 bridgehead atoms. The van der Waals surface area contributed by atoms with Crippen molar-refractivity contribution < 1.29 is 0 Å². The van der Waals surface area contributed by atoms with Gasteiger partial charge >= 0.3 is 0 Å². The maximum atomic E-state index is 2.64. The van der Waals surface area contributed by atoms with Crippen LogP contribution in [0.1, 0.15) is 64.2 Å². The first-order valence-corrected chi connectivity index (χ1v) is 6.63. The molecule has 2 unspecified atom stereocenters. The molecule has 0 heterocycles. The lowest BCUT2D eigenvalue weighted by atomic mass is 9.75. The van der Waals surface area contributed by atoms with Crippen LogP contribution in [0.2, 0.25) is 0 Å². The van der Waals surface area contributed by atoms with Gasteiger partial charge in [-0.2, -0.15) is 0 Å². The normalized spacial score (nSPS) is 28.3. The van der Waals surface area contributed by atoms with Crippen LogP contribution < -0.4 is 0 Å². The van der Waals surface area contributed by atoms with Gasteiger partial charge in [0, 0.05) is 0 Å². The minimum absolute atomic E-state index is 0.940. The van der Waals surface area contributed by atoms with Crippen LogP contribution in [0.3, 0.4) is 0 Å². The summed E-state index contributed by atoms with van der Waals surface area (Å²) in [4.78, 5) is 0.